The van der Waals surface area contributed by atoms with Crippen LogP contribution in [0.25, 0.3) is 6.08 Å². The van der Waals surface area contributed by atoms with E-state index in [1.807, 2.05) is 50.2 Å². The van der Waals surface area contributed by atoms with Crippen molar-refractivity contribution in [3.63, 3.8) is 0 Å². The van der Waals surface area contributed by atoms with E-state index in [-0.39, 0.29) is 11.5 Å². The normalized spacial score (nSPS) is 12.6. The molecule has 1 aliphatic rings. The van der Waals surface area contributed by atoms with Gasteiger partial charge in [0.15, 0.2) is 11.5 Å². The molecule has 3 aromatic carbocycles. The van der Waals surface area contributed by atoms with E-state index >= 15 is 0 Å². The summed E-state index contributed by atoms with van der Waals surface area (Å²) in [5.41, 5.74) is 5.02. The zero-order chi connectivity index (χ0) is 24.8. The maximum absolute atomic E-state index is 13.1. The number of methoxy groups -OCH3 is 1. The number of hydrogen-bond acceptors (Lipinski definition) is 5. The Labute approximate surface area is 206 Å². The van der Waals surface area contributed by atoms with Gasteiger partial charge in [0.1, 0.15) is 30.6 Å². The molecule has 0 aliphatic carbocycles. The summed E-state index contributed by atoms with van der Waals surface area (Å²) in [4.78, 5) is 14.7. The van der Waals surface area contributed by atoms with Gasteiger partial charge in [0, 0.05) is 12.2 Å². The molecule has 1 heterocycles. The molecule has 0 saturated carbocycles. The van der Waals surface area contributed by atoms with E-state index in [9.17, 15) is 10.1 Å². The van der Waals surface area contributed by atoms with Gasteiger partial charge >= 0.3 is 0 Å². The molecule has 0 radical (unpaired) electrons. The minimum absolute atomic E-state index is 0.0688. The van der Waals surface area contributed by atoms with Crippen LogP contribution in [0, 0.1) is 25.2 Å². The predicted molar refractivity (Wildman–Crippen MR) is 136 cm³/mol. The lowest BCUT2D eigenvalue weighted by atomic mass is 10.1. The first-order valence-electron chi connectivity index (χ1n) is 11.5. The first-order chi connectivity index (χ1) is 17.0. The number of anilines is 1. The number of aryl methyl sites for hydroxylation is 2. The summed E-state index contributed by atoms with van der Waals surface area (Å²) >= 11 is 0. The van der Waals surface area contributed by atoms with Gasteiger partial charge in [-0.1, -0.05) is 30.3 Å². The molecule has 0 saturated heterocycles. The molecule has 0 N–H and O–H groups in total. The molecule has 6 nitrogen and oxygen atoms in total. The lowest BCUT2D eigenvalue weighted by Gasteiger charge is -2.16. The molecule has 1 amide bonds. The number of para-hydroxylation sites is 1. The topological polar surface area (TPSA) is 71.8 Å². The van der Waals surface area contributed by atoms with Crippen LogP contribution in [0.2, 0.25) is 0 Å². The van der Waals surface area contributed by atoms with E-state index < -0.39 is 0 Å². The zero-order valence-electron chi connectivity index (χ0n) is 20.2. The highest BCUT2D eigenvalue weighted by Crippen LogP contribution is 2.31. The Kier molecular flexibility index (Phi) is 7.37. The van der Waals surface area contributed by atoms with Crippen LogP contribution in [-0.4, -0.2) is 32.8 Å². The summed E-state index contributed by atoms with van der Waals surface area (Å²) in [5, 5.41) is 9.68. The number of fused-ring (bicyclic) bond motifs is 1. The second-order valence-corrected chi connectivity index (χ2v) is 8.44. The van der Waals surface area contributed by atoms with Crippen molar-refractivity contribution in [1.82, 2.24) is 0 Å². The lowest BCUT2D eigenvalue weighted by molar-refractivity contribution is -0.114. The molecule has 35 heavy (non-hydrogen) atoms. The summed E-state index contributed by atoms with van der Waals surface area (Å²) in [6.45, 7) is 5.36. The van der Waals surface area contributed by atoms with E-state index in [0.29, 0.717) is 36.8 Å². The van der Waals surface area contributed by atoms with E-state index in [1.165, 1.54) is 0 Å². The van der Waals surface area contributed by atoms with Crippen LogP contribution >= 0.6 is 0 Å². The summed E-state index contributed by atoms with van der Waals surface area (Å²) in [6.07, 6.45) is 2.37. The quantitative estimate of drug-likeness (QED) is 0.256. The molecule has 6 heteroatoms. The number of carbonyl (C=O) groups excluding carboxylic acids is 1. The largest absolute Gasteiger partial charge is 0.493 e. The highest BCUT2D eigenvalue weighted by Gasteiger charge is 2.26. The number of benzene rings is 3. The van der Waals surface area contributed by atoms with Crippen LogP contribution in [0.4, 0.5) is 5.69 Å². The van der Waals surface area contributed by atoms with Crippen molar-refractivity contribution in [2.75, 3.05) is 31.8 Å². The summed E-state index contributed by atoms with van der Waals surface area (Å²) < 4.78 is 17.1. The molecule has 0 fully saturated rings. The second-order valence-electron chi connectivity index (χ2n) is 8.44. The third-order valence-corrected chi connectivity index (χ3v) is 5.79. The Bertz CT molecular complexity index is 1290. The van der Waals surface area contributed by atoms with Gasteiger partial charge in [-0.15, -0.1) is 0 Å². The Hall–Kier alpha value is -4.24. The molecule has 0 aromatic heterocycles. The van der Waals surface area contributed by atoms with Crippen molar-refractivity contribution in [2.45, 2.75) is 20.3 Å². The molecule has 0 bridgehead atoms. The Morgan fingerprint density at radius 2 is 1.74 bits per heavy atom. The van der Waals surface area contributed by atoms with Crippen LogP contribution < -0.4 is 19.1 Å². The number of amides is 1. The van der Waals surface area contributed by atoms with Crippen molar-refractivity contribution >= 4 is 17.7 Å². The van der Waals surface area contributed by atoms with Gasteiger partial charge in [-0.2, -0.15) is 5.26 Å². The van der Waals surface area contributed by atoms with Gasteiger partial charge in [-0.05, 0) is 78.9 Å². The van der Waals surface area contributed by atoms with Gasteiger partial charge in [-0.3, -0.25) is 4.79 Å². The third-order valence-electron chi connectivity index (χ3n) is 5.79. The lowest BCUT2D eigenvalue weighted by Crippen LogP contribution is -2.29. The predicted octanol–water partition coefficient (Wildman–Crippen LogP) is 5.27. The van der Waals surface area contributed by atoms with Crippen molar-refractivity contribution in [1.29, 1.82) is 5.26 Å². The Morgan fingerprint density at radius 1 is 1.00 bits per heavy atom. The molecule has 178 valence electrons. The number of carbonyl (C=O) groups is 1. The minimum atomic E-state index is -0.305. The summed E-state index contributed by atoms with van der Waals surface area (Å²) in [5.74, 6) is 1.58. The highest BCUT2D eigenvalue weighted by atomic mass is 16.5. The summed E-state index contributed by atoms with van der Waals surface area (Å²) in [7, 11) is 1.55. The molecular weight excluding hydrogens is 440 g/mol. The fraction of sp³-hybridized carbons (Fsp3) is 0.241. The fourth-order valence-corrected chi connectivity index (χ4v) is 4.22. The smallest absolute Gasteiger partial charge is 0.268 e. The van der Waals surface area contributed by atoms with Crippen LogP contribution in [-0.2, 0) is 11.2 Å². The monoisotopic (exact) mass is 468 g/mol. The van der Waals surface area contributed by atoms with Crippen LogP contribution in [0.5, 0.6) is 17.2 Å². The van der Waals surface area contributed by atoms with Gasteiger partial charge < -0.3 is 19.1 Å². The average molecular weight is 469 g/mol. The van der Waals surface area contributed by atoms with Crippen molar-refractivity contribution in [3.8, 4) is 23.3 Å². The number of hydrogen-bond donors (Lipinski definition) is 0. The first-order valence-corrected chi connectivity index (χ1v) is 11.5. The molecule has 1 aliphatic heterocycles. The van der Waals surface area contributed by atoms with Crippen molar-refractivity contribution in [2.24, 2.45) is 0 Å². The van der Waals surface area contributed by atoms with Crippen molar-refractivity contribution < 1.29 is 19.0 Å². The van der Waals surface area contributed by atoms with Crippen LogP contribution in [0.15, 0.2) is 66.2 Å². The Morgan fingerprint density at radius 3 is 2.49 bits per heavy atom. The van der Waals surface area contributed by atoms with Crippen LogP contribution in [0.3, 0.4) is 0 Å². The van der Waals surface area contributed by atoms with Crippen molar-refractivity contribution in [3.05, 3.63) is 88.5 Å². The maximum Gasteiger partial charge on any atom is 0.268 e. The molecule has 4 rings (SSSR count). The van der Waals surface area contributed by atoms with E-state index in [0.717, 1.165) is 34.5 Å². The number of ether oxygens (including phenoxy) is 3. The minimum Gasteiger partial charge on any atom is -0.493 e. The first kappa shape index (κ1) is 23.9. The average Bonchev–Trinajstić information content (AvgIpc) is 3.29. The van der Waals surface area contributed by atoms with E-state index in [4.69, 9.17) is 14.2 Å². The number of nitrogens with zero attached hydrogens (tertiary/aromatic N) is 2. The summed E-state index contributed by atoms with van der Waals surface area (Å²) in [6, 6.07) is 21.2. The number of nitriles is 1. The highest BCUT2D eigenvalue weighted by molar-refractivity contribution is 6.12. The third kappa shape index (κ3) is 5.64. The number of rotatable bonds is 8. The van der Waals surface area contributed by atoms with Crippen LogP contribution in [0.1, 0.15) is 22.3 Å². The van der Waals surface area contributed by atoms with E-state index in [1.54, 1.807) is 36.3 Å². The fourth-order valence-electron chi connectivity index (χ4n) is 4.22. The van der Waals surface area contributed by atoms with Gasteiger partial charge in [0.05, 0.1) is 7.11 Å². The molecular formula is C29H28N2O4. The molecule has 0 unspecified atom stereocenters. The second kappa shape index (κ2) is 10.8. The van der Waals surface area contributed by atoms with Gasteiger partial charge in [0.25, 0.3) is 5.91 Å². The van der Waals surface area contributed by atoms with Gasteiger partial charge in [-0.25, -0.2) is 0 Å². The standard InChI is InChI=1S/C29H28N2O4/c1-20-14-21(2)16-25(15-20)34-12-13-35-27-9-8-22(18-28(27)33-3)17-24(19-30)29(32)31-11-10-23-6-4-5-7-26(23)31/h4-9,14-18H,10-13H2,1-3H3/b24-17+. The SMILES string of the molecule is COc1cc(/C=C(\C#N)C(=O)N2CCc3ccccc32)ccc1OCCOc1cc(C)cc(C)c1. The molecule has 3 aromatic rings. The Balaban J connectivity index is 1.42. The maximum atomic E-state index is 13.1. The van der Waals surface area contributed by atoms with E-state index in [2.05, 4.69) is 12.1 Å². The zero-order valence-corrected chi connectivity index (χ0v) is 20.2. The van der Waals surface area contributed by atoms with Gasteiger partial charge in [0.2, 0.25) is 0 Å². The molecule has 0 spiro atoms. The molecule has 0 atom stereocenters.